The molecule has 2 aromatic carbocycles. The zero-order chi connectivity index (χ0) is 23.4. The average molecular weight is 535 g/mol. The molecule has 3 aromatic rings. The van der Waals surface area contributed by atoms with Crippen LogP contribution in [0, 0.1) is 0 Å². The number of nitrogens with one attached hydrogen (secondary N) is 1. The summed E-state index contributed by atoms with van der Waals surface area (Å²) in [6.07, 6.45) is 4.19. The Labute approximate surface area is 214 Å². The minimum absolute atomic E-state index is 0.102. The van der Waals surface area contributed by atoms with E-state index in [1.165, 1.54) is 28.0 Å². The van der Waals surface area contributed by atoms with Crippen LogP contribution in [0.1, 0.15) is 22.4 Å². The maximum atomic E-state index is 12.8. The van der Waals surface area contributed by atoms with E-state index >= 15 is 0 Å². The van der Waals surface area contributed by atoms with Gasteiger partial charge < -0.3 is 5.32 Å². The highest BCUT2D eigenvalue weighted by Gasteiger charge is 2.32. The number of anilines is 1. The predicted molar refractivity (Wildman–Crippen MR) is 141 cm³/mol. The number of amides is 2. The van der Waals surface area contributed by atoms with Crippen molar-refractivity contribution < 1.29 is 9.59 Å². The molecule has 0 unspecified atom stereocenters. The Hall–Kier alpha value is -2.23. The molecule has 1 fully saturated rings. The van der Waals surface area contributed by atoms with Crippen molar-refractivity contribution >= 4 is 85.9 Å². The molecule has 5 nitrogen and oxygen atoms in total. The van der Waals surface area contributed by atoms with Crippen molar-refractivity contribution in [3.63, 3.8) is 0 Å². The van der Waals surface area contributed by atoms with E-state index in [4.69, 9.17) is 35.4 Å². The Morgan fingerprint density at radius 2 is 1.85 bits per heavy atom. The second-order valence-electron chi connectivity index (χ2n) is 7.05. The highest BCUT2D eigenvalue weighted by Crippen LogP contribution is 2.34. The number of carbonyl (C=O) groups excluding carboxylic acids is 2. The molecule has 33 heavy (non-hydrogen) atoms. The standard InChI is InChI=1S/C23H17Cl2N3O2S3/c24-17-7-3-1-5-14(17)11-16-13-26-22(32-16)27-20(29)9-10-28-21(30)19(33-23(28)31)12-15-6-2-4-8-18(15)25/h1-8,12-13H,9-11H2,(H,26,27,29)/b19-12-. The lowest BCUT2D eigenvalue weighted by atomic mass is 10.1. The first-order chi connectivity index (χ1) is 15.9. The van der Waals surface area contributed by atoms with E-state index in [9.17, 15) is 9.59 Å². The van der Waals surface area contributed by atoms with Gasteiger partial charge in [-0.3, -0.25) is 14.5 Å². The fourth-order valence-corrected chi connectivity index (χ4v) is 5.64. The van der Waals surface area contributed by atoms with Crippen LogP contribution >= 0.6 is 58.5 Å². The van der Waals surface area contributed by atoms with Gasteiger partial charge in [-0.05, 0) is 29.3 Å². The lowest BCUT2D eigenvalue weighted by Gasteiger charge is -2.13. The number of hydrogen-bond donors (Lipinski definition) is 1. The average Bonchev–Trinajstić information content (AvgIpc) is 3.33. The third-order valence-electron chi connectivity index (χ3n) is 4.75. The van der Waals surface area contributed by atoms with Gasteiger partial charge in [0.25, 0.3) is 5.91 Å². The smallest absolute Gasteiger partial charge is 0.266 e. The van der Waals surface area contributed by atoms with Gasteiger partial charge in [-0.1, -0.05) is 83.6 Å². The van der Waals surface area contributed by atoms with Crippen molar-refractivity contribution in [1.29, 1.82) is 0 Å². The van der Waals surface area contributed by atoms with Crippen LogP contribution in [0.15, 0.2) is 59.6 Å². The number of thiazole rings is 1. The summed E-state index contributed by atoms with van der Waals surface area (Å²) >= 11 is 20.3. The van der Waals surface area contributed by atoms with Crippen LogP contribution in [-0.4, -0.2) is 32.6 Å². The van der Waals surface area contributed by atoms with E-state index in [1.807, 2.05) is 42.5 Å². The Kier molecular flexibility index (Phi) is 7.82. The minimum Gasteiger partial charge on any atom is -0.302 e. The zero-order valence-corrected chi connectivity index (χ0v) is 21.0. The van der Waals surface area contributed by atoms with E-state index in [0.717, 1.165) is 16.0 Å². The van der Waals surface area contributed by atoms with Crippen molar-refractivity contribution in [2.45, 2.75) is 12.8 Å². The van der Waals surface area contributed by atoms with Crippen LogP contribution < -0.4 is 5.32 Å². The van der Waals surface area contributed by atoms with E-state index in [0.29, 0.717) is 30.8 Å². The van der Waals surface area contributed by atoms with E-state index in [2.05, 4.69) is 10.3 Å². The Morgan fingerprint density at radius 3 is 2.61 bits per heavy atom. The Bertz CT molecular complexity index is 1260. The van der Waals surface area contributed by atoms with Gasteiger partial charge in [0.05, 0.1) is 4.91 Å². The lowest BCUT2D eigenvalue weighted by molar-refractivity contribution is -0.122. The zero-order valence-electron chi connectivity index (χ0n) is 17.1. The van der Waals surface area contributed by atoms with Crippen molar-refractivity contribution in [2.75, 3.05) is 11.9 Å². The largest absolute Gasteiger partial charge is 0.302 e. The first-order valence-electron chi connectivity index (χ1n) is 9.88. The molecular weight excluding hydrogens is 517 g/mol. The number of carbonyl (C=O) groups is 2. The summed E-state index contributed by atoms with van der Waals surface area (Å²) in [6, 6.07) is 14.9. The van der Waals surface area contributed by atoms with Crippen LogP contribution in [0.4, 0.5) is 5.13 Å². The number of hydrogen-bond acceptors (Lipinski definition) is 6. The first kappa shape index (κ1) is 23.9. The summed E-state index contributed by atoms with van der Waals surface area (Å²) in [5, 5.41) is 4.55. The van der Waals surface area contributed by atoms with Crippen LogP contribution in [0.2, 0.25) is 10.0 Å². The van der Waals surface area contributed by atoms with Crippen molar-refractivity contribution in [3.05, 3.63) is 85.7 Å². The van der Waals surface area contributed by atoms with Gasteiger partial charge >= 0.3 is 0 Å². The molecule has 1 aliphatic heterocycles. The number of halogens is 2. The van der Waals surface area contributed by atoms with Crippen LogP contribution in [-0.2, 0) is 16.0 Å². The normalized spacial score (nSPS) is 14.8. The van der Waals surface area contributed by atoms with E-state index < -0.39 is 0 Å². The van der Waals surface area contributed by atoms with E-state index in [-0.39, 0.29) is 24.8 Å². The van der Waals surface area contributed by atoms with Crippen molar-refractivity contribution in [2.24, 2.45) is 0 Å². The second kappa shape index (κ2) is 10.8. The van der Waals surface area contributed by atoms with Gasteiger partial charge in [0, 0.05) is 40.5 Å². The third kappa shape index (κ3) is 6.02. The predicted octanol–water partition coefficient (Wildman–Crippen LogP) is 6.27. The summed E-state index contributed by atoms with van der Waals surface area (Å²) in [7, 11) is 0. The summed E-state index contributed by atoms with van der Waals surface area (Å²) < 4.78 is 0.419. The molecule has 10 heteroatoms. The highest BCUT2D eigenvalue weighted by molar-refractivity contribution is 8.26. The molecule has 0 bridgehead atoms. The first-order valence-corrected chi connectivity index (χ1v) is 12.7. The number of nitrogens with zero attached hydrogens (tertiary/aromatic N) is 2. The van der Waals surface area contributed by atoms with Crippen LogP contribution in [0.5, 0.6) is 0 Å². The topological polar surface area (TPSA) is 62.3 Å². The maximum Gasteiger partial charge on any atom is 0.266 e. The SMILES string of the molecule is O=C(CCN1C(=O)/C(=C/c2ccccc2Cl)SC1=S)Nc1ncc(Cc2ccccc2Cl)s1. The molecule has 168 valence electrons. The highest BCUT2D eigenvalue weighted by atomic mass is 35.5. The summed E-state index contributed by atoms with van der Waals surface area (Å²) in [6.45, 7) is 0.189. The van der Waals surface area contributed by atoms with Crippen molar-refractivity contribution in [1.82, 2.24) is 9.88 Å². The molecule has 0 aliphatic carbocycles. The number of benzene rings is 2. The molecule has 0 atom stereocenters. The van der Waals surface area contributed by atoms with Gasteiger partial charge in [0.1, 0.15) is 4.32 Å². The molecule has 1 aliphatic rings. The molecular formula is C23H17Cl2N3O2S3. The minimum atomic E-state index is -0.238. The maximum absolute atomic E-state index is 12.8. The quantitative estimate of drug-likeness (QED) is 0.286. The molecule has 1 saturated heterocycles. The number of aromatic nitrogens is 1. The van der Waals surface area contributed by atoms with Crippen LogP contribution in [0.3, 0.4) is 0 Å². The molecule has 0 spiro atoms. The fraction of sp³-hybridized carbons (Fsp3) is 0.130. The Morgan fingerprint density at radius 1 is 1.12 bits per heavy atom. The third-order valence-corrected chi connectivity index (χ3v) is 7.75. The molecule has 2 amide bonds. The van der Waals surface area contributed by atoms with Crippen LogP contribution in [0.25, 0.3) is 6.08 Å². The van der Waals surface area contributed by atoms with Gasteiger partial charge in [-0.15, -0.1) is 11.3 Å². The number of thioether (sulfide) groups is 1. The van der Waals surface area contributed by atoms with Gasteiger partial charge in [0.15, 0.2) is 5.13 Å². The molecule has 1 N–H and O–H groups in total. The van der Waals surface area contributed by atoms with Gasteiger partial charge in [-0.2, -0.15) is 0 Å². The number of thiocarbonyl (C=S) groups is 1. The molecule has 0 radical (unpaired) electrons. The summed E-state index contributed by atoms with van der Waals surface area (Å²) in [4.78, 5) is 32.4. The Balaban J connectivity index is 1.32. The second-order valence-corrected chi connectivity index (χ2v) is 10.7. The molecule has 1 aromatic heterocycles. The monoisotopic (exact) mass is 533 g/mol. The molecule has 0 saturated carbocycles. The van der Waals surface area contributed by atoms with E-state index in [1.54, 1.807) is 18.3 Å². The molecule has 4 rings (SSSR count). The fourth-order valence-electron chi connectivity index (χ4n) is 3.10. The van der Waals surface area contributed by atoms with Gasteiger partial charge in [0.2, 0.25) is 5.91 Å². The number of rotatable bonds is 7. The summed E-state index contributed by atoms with van der Waals surface area (Å²) in [5.41, 5.74) is 1.74. The summed E-state index contributed by atoms with van der Waals surface area (Å²) in [5.74, 6) is -0.466. The lowest BCUT2D eigenvalue weighted by Crippen LogP contribution is -2.31. The molecule has 2 heterocycles. The van der Waals surface area contributed by atoms with Gasteiger partial charge in [-0.25, -0.2) is 4.98 Å². The van der Waals surface area contributed by atoms with Crippen molar-refractivity contribution in [3.8, 4) is 0 Å².